The van der Waals surface area contributed by atoms with Crippen LogP contribution in [-0.4, -0.2) is 26.7 Å². The lowest BCUT2D eigenvalue weighted by Crippen LogP contribution is -2.28. The molecule has 4 N–H and O–H groups in total. The van der Waals surface area contributed by atoms with E-state index < -0.39 is 10.0 Å². The summed E-state index contributed by atoms with van der Waals surface area (Å²) in [7, 11) is -3.41. The Labute approximate surface area is 178 Å². The Bertz CT molecular complexity index is 840. The Balaban J connectivity index is 0.00000364. The summed E-state index contributed by atoms with van der Waals surface area (Å²) in [6.07, 6.45) is 0. The number of guanidine groups is 1. The first-order valence-electron chi connectivity index (χ1n) is 8.54. The van der Waals surface area contributed by atoms with Crippen LogP contribution in [-0.2, 0) is 16.6 Å². The third kappa shape index (κ3) is 8.72. The fraction of sp³-hybridized carbons (Fsp3) is 0.316. The van der Waals surface area contributed by atoms with Crippen molar-refractivity contribution in [3.05, 3.63) is 65.7 Å². The zero-order valence-corrected chi connectivity index (χ0v) is 18.7. The zero-order valence-electron chi connectivity index (χ0n) is 15.6. The molecule has 0 fully saturated rings. The van der Waals surface area contributed by atoms with Gasteiger partial charge in [-0.2, -0.15) is 0 Å². The van der Waals surface area contributed by atoms with E-state index in [0.717, 1.165) is 11.3 Å². The first-order valence-corrected chi connectivity index (χ1v) is 10.2. The molecule has 0 atom stereocenters. The zero-order chi connectivity index (χ0) is 19.0. The van der Waals surface area contributed by atoms with Crippen LogP contribution in [0.3, 0.4) is 0 Å². The van der Waals surface area contributed by atoms with E-state index in [1.54, 1.807) is 0 Å². The van der Waals surface area contributed by atoms with E-state index in [1.165, 1.54) is 5.56 Å². The summed E-state index contributed by atoms with van der Waals surface area (Å²) in [5.41, 5.74) is 8.78. The standard InChI is InChI=1S/C19H26N4O2S.HI/c1-15(2)17-9-6-10-18(13-17)23-19(20)21-11-12-26(24,25)22-14-16-7-4-3-5-8-16;/h3-10,13,15,22H,11-12,14H2,1-2H3,(H3,20,21,23);1H. The number of rotatable bonds is 8. The van der Waals surface area contributed by atoms with Gasteiger partial charge in [0, 0.05) is 12.2 Å². The van der Waals surface area contributed by atoms with Crippen LogP contribution in [0.4, 0.5) is 5.69 Å². The van der Waals surface area contributed by atoms with E-state index in [9.17, 15) is 8.42 Å². The van der Waals surface area contributed by atoms with Gasteiger partial charge < -0.3 is 11.1 Å². The fourth-order valence-corrected chi connectivity index (χ4v) is 3.17. The minimum atomic E-state index is -3.41. The molecule has 2 aromatic rings. The van der Waals surface area contributed by atoms with Crippen LogP contribution in [0.1, 0.15) is 30.9 Å². The summed E-state index contributed by atoms with van der Waals surface area (Å²) in [6.45, 7) is 4.59. The lowest BCUT2D eigenvalue weighted by molar-refractivity contribution is 0.581. The average molecular weight is 502 g/mol. The number of halogens is 1. The summed E-state index contributed by atoms with van der Waals surface area (Å²) in [6, 6.07) is 17.3. The highest BCUT2D eigenvalue weighted by Crippen LogP contribution is 2.18. The third-order valence-corrected chi connectivity index (χ3v) is 5.11. The van der Waals surface area contributed by atoms with Crippen molar-refractivity contribution in [2.75, 3.05) is 17.6 Å². The molecule has 0 unspecified atom stereocenters. The molecule has 148 valence electrons. The summed E-state index contributed by atoms with van der Waals surface area (Å²) in [4.78, 5) is 4.10. The first kappa shape index (κ1) is 23.4. The maximum absolute atomic E-state index is 12.0. The second-order valence-corrected chi connectivity index (χ2v) is 8.22. The maximum atomic E-state index is 12.0. The van der Waals surface area contributed by atoms with Crippen molar-refractivity contribution < 1.29 is 8.42 Å². The molecule has 2 aromatic carbocycles. The lowest BCUT2D eigenvalue weighted by atomic mass is 10.0. The van der Waals surface area contributed by atoms with Gasteiger partial charge in [-0.1, -0.05) is 56.3 Å². The fourth-order valence-electron chi connectivity index (χ4n) is 2.31. The van der Waals surface area contributed by atoms with Gasteiger partial charge in [0.1, 0.15) is 0 Å². The van der Waals surface area contributed by atoms with Crippen LogP contribution >= 0.6 is 24.0 Å². The van der Waals surface area contributed by atoms with Crippen molar-refractivity contribution in [1.29, 1.82) is 0 Å². The molecule has 27 heavy (non-hydrogen) atoms. The summed E-state index contributed by atoms with van der Waals surface area (Å²) < 4.78 is 26.6. The quantitative estimate of drug-likeness (QED) is 0.293. The Morgan fingerprint density at radius 3 is 2.48 bits per heavy atom. The van der Waals surface area contributed by atoms with Crippen LogP contribution in [0.2, 0.25) is 0 Å². The predicted octanol–water partition coefficient (Wildman–Crippen LogP) is 3.27. The van der Waals surface area contributed by atoms with Crippen LogP contribution in [0.25, 0.3) is 0 Å². The molecule has 0 spiro atoms. The number of benzene rings is 2. The number of hydrogen-bond acceptors (Lipinski definition) is 3. The van der Waals surface area contributed by atoms with E-state index in [4.69, 9.17) is 5.73 Å². The van der Waals surface area contributed by atoms with Gasteiger partial charge in [0.05, 0.1) is 12.3 Å². The first-order chi connectivity index (χ1) is 12.4. The monoisotopic (exact) mass is 502 g/mol. The number of nitrogens with two attached hydrogens (primary N) is 1. The van der Waals surface area contributed by atoms with Gasteiger partial charge in [0.15, 0.2) is 5.96 Å². The number of nitrogens with zero attached hydrogens (tertiary/aromatic N) is 1. The third-order valence-electron chi connectivity index (χ3n) is 3.81. The van der Waals surface area contributed by atoms with Crippen molar-refractivity contribution in [2.24, 2.45) is 10.7 Å². The van der Waals surface area contributed by atoms with Crippen molar-refractivity contribution in [2.45, 2.75) is 26.3 Å². The van der Waals surface area contributed by atoms with Gasteiger partial charge in [0.2, 0.25) is 10.0 Å². The number of sulfonamides is 1. The SMILES string of the molecule is CC(C)c1cccc(NC(N)=NCCS(=O)(=O)NCc2ccccc2)c1.I. The summed E-state index contributed by atoms with van der Waals surface area (Å²) in [5, 5.41) is 2.99. The van der Waals surface area contributed by atoms with Crippen LogP contribution in [0.15, 0.2) is 59.6 Å². The van der Waals surface area contributed by atoms with Gasteiger partial charge in [-0.25, -0.2) is 13.1 Å². The van der Waals surface area contributed by atoms with E-state index in [-0.39, 0.29) is 48.8 Å². The van der Waals surface area contributed by atoms with Crippen molar-refractivity contribution >= 4 is 45.6 Å². The second kappa shape index (κ2) is 11.3. The van der Waals surface area contributed by atoms with Gasteiger partial charge in [-0.3, -0.25) is 4.99 Å². The van der Waals surface area contributed by atoms with Gasteiger partial charge in [0.25, 0.3) is 0 Å². The van der Waals surface area contributed by atoms with Crippen molar-refractivity contribution in [1.82, 2.24) is 4.72 Å². The molecular weight excluding hydrogens is 475 g/mol. The molecule has 6 nitrogen and oxygen atoms in total. The van der Waals surface area contributed by atoms with E-state index in [2.05, 4.69) is 28.9 Å². The Hall–Kier alpha value is -1.65. The smallest absolute Gasteiger partial charge is 0.213 e. The molecule has 0 aliphatic rings. The highest BCUT2D eigenvalue weighted by molar-refractivity contribution is 14.0. The number of aliphatic imine (C=N–C) groups is 1. The average Bonchev–Trinajstić information content (AvgIpc) is 2.61. The summed E-state index contributed by atoms with van der Waals surface area (Å²) in [5.74, 6) is 0.494. The van der Waals surface area contributed by atoms with E-state index in [0.29, 0.717) is 5.92 Å². The van der Waals surface area contributed by atoms with Gasteiger partial charge >= 0.3 is 0 Å². The Kier molecular flexibility index (Phi) is 9.75. The van der Waals surface area contributed by atoms with Crippen LogP contribution in [0.5, 0.6) is 0 Å². The summed E-state index contributed by atoms with van der Waals surface area (Å²) >= 11 is 0. The molecule has 8 heteroatoms. The lowest BCUT2D eigenvalue weighted by Gasteiger charge is -2.10. The minimum Gasteiger partial charge on any atom is -0.370 e. The van der Waals surface area contributed by atoms with Crippen LogP contribution in [0, 0.1) is 0 Å². The van der Waals surface area contributed by atoms with Gasteiger partial charge in [-0.05, 0) is 29.2 Å². The molecule has 0 amide bonds. The number of anilines is 1. The highest BCUT2D eigenvalue weighted by Gasteiger charge is 2.09. The molecular formula is C19H27IN4O2S. The van der Waals surface area contributed by atoms with Crippen molar-refractivity contribution in [3.8, 4) is 0 Å². The van der Waals surface area contributed by atoms with E-state index >= 15 is 0 Å². The molecule has 0 bridgehead atoms. The second-order valence-electron chi connectivity index (χ2n) is 6.30. The van der Waals surface area contributed by atoms with Crippen LogP contribution < -0.4 is 15.8 Å². The molecule has 0 aliphatic carbocycles. The number of hydrogen-bond donors (Lipinski definition) is 3. The molecule has 0 heterocycles. The Morgan fingerprint density at radius 1 is 1.11 bits per heavy atom. The molecule has 0 saturated carbocycles. The number of nitrogens with one attached hydrogen (secondary N) is 2. The van der Waals surface area contributed by atoms with Crippen molar-refractivity contribution in [3.63, 3.8) is 0 Å². The minimum absolute atomic E-state index is 0. The van der Waals surface area contributed by atoms with E-state index in [1.807, 2.05) is 54.6 Å². The molecule has 0 radical (unpaired) electrons. The molecule has 0 saturated heterocycles. The van der Waals surface area contributed by atoms with Gasteiger partial charge in [-0.15, -0.1) is 24.0 Å². The normalized spacial score (nSPS) is 11.9. The Morgan fingerprint density at radius 2 is 1.81 bits per heavy atom. The molecule has 2 rings (SSSR count). The topological polar surface area (TPSA) is 96.6 Å². The predicted molar refractivity (Wildman–Crippen MR) is 123 cm³/mol. The molecule has 0 aliphatic heterocycles. The maximum Gasteiger partial charge on any atom is 0.213 e. The molecule has 0 aromatic heterocycles. The highest BCUT2D eigenvalue weighted by atomic mass is 127. The largest absolute Gasteiger partial charge is 0.370 e.